The number of ether oxygens (including phenoxy) is 3. The van der Waals surface area contributed by atoms with Crippen LogP contribution < -0.4 is 4.74 Å². The van der Waals surface area contributed by atoms with Crippen molar-refractivity contribution in [1.29, 1.82) is 0 Å². The van der Waals surface area contributed by atoms with Crippen molar-refractivity contribution in [3.05, 3.63) is 52.3 Å². The number of aromatic nitrogens is 1. The number of Topliss-reactive ketones (excluding diaryl/α,β-unsaturated/α-hetero) is 1. The molecule has 0 amide bonds. The van der Waals surface area contributed by atoms with Crippen molar-refractivity contribution in [3.63, 3.8) is 0 Å². The maximum Gasteiger partial charge on any atom is 0.340 e. The van der Waals surface area contributed by atoms with Crippen LogP contribution in [0.5, 0.6) is 5.75 Å². The van der Waals surface area contributed by atoms with Crippen LogP contribution in [0.3, 0.4) is 0 Å². The molecule has 7 heteroatoms. The second-order valence-electron chi connectivity index (χ2n) is 6.70. The lowest BCUT2D eigenvalue weighted by atomic mass is 10.1. The molecule has 0 saturated carbocycles. The molecular formula is C22H27NO6. The Kier molecular flexibility index (Phi) is 8.00. The van der Waals surface area contributed by atoms with Crippen LogP contribution in [-0.2, 0) is 14.3 Å². The number of aryl methyl sites for hydroxylation is 3. The molecule has 0 aliphatic heterocycles. The highest BCUT2D eigenvalue weighted by Crippen LogP contribution is 2.20. The van der Waals surface area contributed by atoms with Gasteiger partial charge in [-0.3, -0.25) is 9.59 Å². The SMILES string of the molecule is CCOC(=O)c1c(C)[nH]c(C)c1C(=O)COC(=O)CCCOc1cccc(C)c1. The number of nitrogens with one attached hydrogen (secondary N) is 1. The predicted molar refractivity (Wildman–Crippen MR) is 107 cm³/mol. The third kappa shape index (κ3) is 6.20. The van der Waals surface area contributed by atoms with Gasteiger partial charge in [0.05, 0.1) is 24.3 Å². The monoisotopic (exact) mass is 401 g/mol. The Morgan fingerprint density at radius 1 is 1.00 bits per heavy atom. The third-order valence-electron chi connectivity index (χ3n) is 4.28. The molecule has 1 N–H and O–H groups in total. The second-order valence-corrected chi connectivity index (χ2v) is 6.70. The van der Waals surface area contributed by atoms with E-state index in [0.717, 1.165) is 11.3 Å². The Balaban J connectivity index is 1.83. The Hall–Kier alpha value is -3.09. The number of ketones is 1. The van der Waals surface area contributed by atoms with Gasteiger partial charge in [0.15, 0.2) is 6.61 Å². The average molecular weight is 401 g/mol. The molecular weight excluding hydrogens is 374 g/mol. The maximum absolute atomic E-state index is 12.5. The topological polar surface area (TPSA) is 94.7 Å². The number of hydrogen-bond donors (Lipinski definition) is 1. The van der Waals surface area contributed by atoms with Gasteiger partial charge >= 0.3 is 11.9 Å². The summed E-state index contributed by atoms with van der Waals surface area (Å²) in [5.41, 5.74) is 2.58. The van der Waals surface area contributed by atoms with Crippen LogP contribution in [0.2, 0.25) is 0 Å². The quantitative estimate of drug-likeness (QED) is 0.371. The smallest absolute Gasteiger partial charge is 0.340 e. The zero-order valence-corrected chi connectivity index (χ0v) is 17.3. The van der Waals surface area contributed by atoms with Gasteiger partial charge in [0.2, 0.25) is 5.78 Å². The summed E-state index contributed by atoms with van der Waals surface area (Å²) in [6, 6.07) is 7.65. The molecule has 0 aliphatic carbocycles. The summed E-state index contributed by atoms with van der Waals surface area (Å²) in [4.78, 5) is 39.6. The lowest BCUT2D eigenvalue weighted by molar-refractivity contribution is -0.142. The summed E-state index contributed by atoms with van der Waals surface area (Å²) in [5.74, 6) is -0.760. The summed E-state index contributed by atoms with van der Waals surface area (Å²) in [7, 11) is 0. The van der Waals surface area contributed by atoms with Crippen molar-refractivity contribution < 1.29 is 28.6 Å². The number of carbonyl (C=O) groups is 3. The fourth-order valence-electron chi connectivity index (χ4n) is 2.99. The van der Waals surface area contributed by atoms with Crippen molar-refractivity contribution in [2.75, 3.05) is 19.8 Å². The molecule has 0 unspecified atom stereocenters. The molecule has 0 spiro atoms. The highest BCUT2D eigenvalue weighted by Gasteiger charge is 2.25. The fourth-order valence-corrected chi connectivity index (χ4v) is 2.99. The first kappa shape index (κ1) is 22.2. The Morgan fingerprint density at radius 2 is 1.72 bits per heavy atom. The van der Waals surface area contributed by atoms with Gasteiger partial charge in [-0.1, -0.05) is 12.1 Å². The zero-order valence-electron chi connectivity index (χ0n) is 17.3. The third-order valence-corrected chi connectivity index (χ3v) is 4.28. The van der Waals surface area contributed by atoms with Gasteiger partial charge in [0.25, 0.3) is 0 Å². The normalized spacial score (nSPS) is 10.5. The van der Waals surface area contributed by atoms with Crippen LogP contribution >= 0.6 is 0 Å². The maximum atomic E-state index is 12.5. The van der Waals surface area contributed by atoms with E-state index in [9.17, 15) is 14.4 Å². The molecule has 29 heavy (non-hydrogen) atoms. The molecule has 0 fully saturated rings. The Bertz CT molecular complexity index is 883. The lowest BCUT2D eigenvalue weighted by Crippen LogP contribution is -2.18. The van der Waals surface area contributed by atoms with E-state index in [1.54, 1.807) is 20.8 Å². The summed E-state index contributed by atoms with van der Waals surface area (Å²) < 4.78 is 15.7. The van der Waals surface area contributed by atoms with E-state index >= 15 is 0 Å². The molecule has 0 aliphatic rings. The van der Waals surface area contributed by atoms with Crippen molar-refractivity contribution >= 4 is 17.7 Å². The van der Waals surface area contributed by atoms with Crippen molar-refractivity contribution in [2.45, 2.75) is 40.5 Å². The first-order valence-electron chi connectivity index (χ1n) is 9.58. The second kappa shape index (κ2) is 10.5. The van der Waals surface area contributed by atoms with Crippen LogP contribution in [0.25, 0.3) is 0 Å². The van der Waals surface area contributed by atoms with E-state index in [4.69, 9.17) is 14.2 Å². The molecule has 0 atom stereocenters. The number of esters is 2. The Labute approximate surface area is 170 Å². The van der Waals surface area contributed by atoms with Gasteiger partial charge in [-0.15, -0.1) is 0 Å². The van der Waals surface area contributed by atoms with Crippen molar-refractivity contribution in [3.8, 4) is 5.75 Å². The molecule has 1 heterocycles. The van der Waals surface area contributed by atoms with Gasteiger partial charge in [0.1, 0.15) is 5.75 Å². The molecule has 156 valence electrons. The molecule has 0 radical (unpaired) electrons. The van der Waals surface area contributed by atoms with Crippen LogP contribution in [0, 0.1) is 20.8 Å². The van der Waals surface area contributed by atoms with E-state index in [0.29, 0.717) is 24.4 Å². The number of aromatic amines is 1. The average Bonchev–Trinajstić information content (AvgIpc) is 2.97. The minimum atomic E-state index is -0.572. The summed E-state index contributed by atoms with van der Waals surface area (Å²) in [5, 5.41) is 0. The highest BCUT2D eigenvalue weighted by molar-refractivity contribution is 6.09. The van der Waals surface area contributed by atoms with Crippen LogP contribution in [0.1, 0.15) is 57.4 Å². The number of H-pyrrole nitrogens is 1. The summed E-state index contributed by atoms with van der Waals surface area (Å²) in [6.07, 6.45) is 0.603. The van der Waals surface area contributed by atoms with E-state index < -0.39 is 24.3 Å². The first-order valence-corrected chi connectivity index (χ1v) is 9.58. The molecule has 0 saturated heterocycles. The van der Waals surface area contributed by atoms with E-state index in [2.05, 4.69) is 4.98 Å². The van der Waals surface area contributed by atoms with Gasteiger partial charge in [-0.2, -0.15) is 0 Å². The van der Waals surface area contributed by atoms with Gasteiger partial charge < -0.3 is 19.2 Å². The van der Waals surface area contributed by atoms with Gasteiger partial charge in [-0.25, -0.2) is 4.79 Å². The van der Waals surface area contributed by atoms with Crippen LogP contribution in [-0.4, -0.2) is 42.5 Å². The minimum absolute atomic E-state index is 0.134. The van der Waals surface area contributed by atoms with Crippen LogP contribution in [0.4, 0.5) is 0 Å². The standard InChI is InChI=1S/C22H27NO6/c1-5-27-22(26)21-16(4)23-15(3)20(21)18(24)13-29-19(25)10-7-11-28-17-9-6-8-14(2)12-17/h6,8-9,12,23H,5,7,10-11,13H2,1-4H3. The largest absolute Gasteiger partial charge is 0.494 e. The lowest BCUT2D eigenvalue weighted by Gasteiger charge is -2.08. The number of rotatable bonds is 10. The van der Waals surface area contributed by atoms with Crippen molar-refractivity contribution in [2.24, 2.45) is 0 Å². The van der Waals surface area contributed by atoms with E-state index in [1.165, 1.54) is 0 Å². The summed E-state index contributed by atoms with van der Waals surface area (Å²) in [6.45, 7) is 7.19. The first-order chi connectivity index (χ1) is 13.8. The summed E-state index contributed by atoms with van der Waals surface area (Å²) >= 11 is 0. The molecule has 0 bridgehead atoms. The van der Waals surface area contributed by atoms with Crippen molar-refractivity contribution in [1.82, 2.24) is 4.98 Å². The fraction of sp³-hybridized carbons (Fsp3) is 0.409. The molecule has 2 rings (SSSR count). The number of benzene rings is 1. The zero-order chi connectivity index (χ0) is 21.4. The van der Waals surface area contributed by atoms with Gasteiger partial charge in [-0.05, 0) is 51.8 Å². The number of carbonyl (C=O) groups excluding carboxylic acids is 3. The molecule has 1 aromatic carbocycles. The number of hydrogen-bond acceptors (Lipinski definition) is 6. The Morgan fingerprint density at radius 3 is 2.41 bits per heavy atom. The van der Waals surface area contributed by atoms with E-state index in [1.807, 2.05) is 31.2 Å². The molecule has 2 aromatic rings. The highest BCUT2D eigenvalue weighted by atomic mass is 16.5. The minimum Gasteiger partial charge on any atom is -0.494 e. The van der Waals surface area contributed by atoms with E-state index in [-0.39, 0.29) is 24.2 Å². The molecule has 7 nitrogen and oxygen atoms in total. The predicted octanol–water partition coefficient (Wildman–Crippen LogP) is 3.70. The van der Waals surface area contributed by atoms with Crippen LogP contribution in [0.15, 0.2) is 24.3 Å². The molecule has 1 aromatic heterocycles. The van der Waals surface area contributed by atoms with Gasteiger partial charge in [0, 0.05) is 17.8 Å².